The summed E-state index contributed by atoms with van der Waals surface area (Å²) in [5.41, 5.74) is 4.96. The van der Waals surface area contributed by atoms with Gasteiger partial charge in [-0.05, 0) is 79.3 Å². The van der Waals surface area contributed by atoms with Gasteiger partial charge in [0.15, 0.2) is 11.5 Å². The highest BCUT2D eigenvalue weighted by Gasteiger charge is 2.08. The van der Waals surface area contributed by atoms with E-state index in [0.717, 1.165) is 43.1 Å². The predicted octanol–water partition coefficient (Wildman–Crippen LogP) is 6.04. The molecule has 4 heteroatoms. The molecule has 1 atom stereocenters. The Morgan fingerprint density at radius 1 is 0.788 bits per heavy atom. The second-order valence-corrected chi connectivity index (χ2v) is 8.14. The van der Waals surface area contributed by atoms with E-state index in [1.807, 2.05) is 24.3 Å². The van der Waals surface area contributed by atoms with Crippen LogP contribution in [0.3, 0.4) is 0 Å². The smallest absolute Gasteiger partial charge is 0.160 e. The summed E-state index contributed by atoms with van der Waals surface area (Å²) < 4.78 is 16.2. The lowest BCUT2D eigenvalue weighted by molar-refractivity contribution is 0.354. The molecule has 0 radical (unpaired) electrons. The summed E-state index contributed by atoms with van der Waals surface area (Å²) >= 11 is 0. The van der Waals surface area contributed by atoms with Gasteiger partial charge >= 0.3 is 0 Å². The van der Waals surface area contributed by atoms with E-state index in [2.05, 4.69) is 66.9 Å². The van der Waals surface area contributed by atoms with Crippen molar-refractivity contribution in [2.75, 3.05) is 27.9 Å². The Morgan fingerprint density at radius 3 is 2.30 bits per heavy atom. The first-order valence-corrected chi connectivity index (χ1v) is 11.5. The normalized spacial score (nSPS) is 12.0. The van der Waals surface area contributed by atoms with Gasteiger partial charge in [0.2, 0.25) is 0 Å². The summed E-state index contributed by atoms with van der Waals surface area (Å²) in [6.45, 7) is 3.16. The van der Waals surface area contributed by atoms with Gasteiger partial charge in [0.1, 0.15) is 5.75 Å². The van der Waals surface area contributed by atoms with Gasteiger partial charge in [-0.15, -0.1) is 0 Å². The van der Waals surface area contributed by atoms with E-state index in [1.54, 1.807) is 21.3 Å². The molecule has 0 amide bonds. The molecule has 3 rings (SSSR count). The van der Waals surface area contributed by atoms with Crippen LogP contribution in [0.15, 0.2) is 66.7 Å². The van der Waals surface area contributed by atoms with E-state index in [-0.39, 0.29) is 0 Å². The van der Waals surface area contributed by atoms with Crippen LogP contribution in [0.25, 0.3) is 12.2 Å². The SMILES string of the molecule is COc1ccc(C=Cc2ccccc2)c(CCC(C)NCCc2ccc(OC)c(OC)c2)c1. The van der Waals surface area contributed by atoms with Gasteiger partial charge in [-0.25, -0.2) is 0 Å². The van der Waals surface area contributed by atoms with Crippen molar-refractivity contribution in [1.29, 1.82) is 0 Å². The molecule has 0 aliphatic heterocycles. The van der Waals surface area contributed by atoms with Crippen LogP contribution in [0.4, 0.5) is 0 Å². The quantitative estimate of drug-likeness (QED) is 0.345. The van der Waals surface area contributed by atoms with Crippen LogP contribution in [0.2, 0.25) is 0 Å². The molecule has 0 saturated heterocycles. The van der Waals surface area contributed by atoms with Gasteiger partial charge < -0.3 is 19.5 Å². The Hall–Kier alpha value is -3.24. The molecule has 0 fully saturated rings. The minimum atomic E-state index is 0.405. The van der Waals surface area contributed by atoms with Gasteiger partial charge in [0, 0.05) is 6.04 Å². The first-order valence-electron chi connectivity index (χ1n) is 11.5. The maximum absolute atomic E-state index is 5.47. The number of hydrogen-bond acceptors (Lipinski definition) is 4. The van der Waals surface area contributed by atoms with Crippen molar-refractivity contribution in [2.45, 2.75) is 32.2 Å². The van der Waals surface area contributed by atoms with Crippen molar-refractivity contribution in [2.24, 2.45) is 0 Å². The molecular weight excluding hydrogens is 410 g/mol. The van der Waals surface area contributed by atoms with Crippen LogP contribution in [-0.4, -0.2) is 33.9 Å². The molecular formula is C29H35NO3. The van der Waals surface area contributed by atoms with Crippen molar-refractivity contribution >= 4 is 12.2 Å². The van der Waals surface area contributed by atoms with Gasteiger partial charge in [-0.2, -0.15) is 0 Å². The molecule has 3 aromatic rings. The third-order valence-electron chi connectivity index (χ3n) is 5.81. The van der Waals surface area contributed by atoms with Crippen molar-refractivity contribution in [3.8, 4) is 17.2 Å². The van der Waals surface area contributed by atoms with Gasteiger partial charge in [0.05, 0.1) is 21.3 Å². The van der Waals surface area contributed by atoms with E-state index < -0.39 is 0 Å². The number of hydrogen-bond donors (Lipinski definition) is 1. The lowest BCUT2D eigenvalue weighted by atomic mass is 9.99. The van der Waals surface area contributed by atoms with Crippen LogP contribution in [0, 0.1) is 0 Å². The number of nitrogens with one attached hydrogen (secondary N) is 1. The minimum Gasteiger partial charge on any atom is -0.497 e. The summed E-state index contributed by atoms with van der Waals surface area (Å²) in [5.74, 6) is 2.44. The fourth-order valence-corrected chi connectivity index (χ4v) is 3.81. The van der Waals surface area contributed by atoms with Crippen LogP contribution < -0.4 is 19.5 Å². The first kappa shape index (κ1) is 24.4. The molecule has 0 aromatic heterocycles. The van der Waals surface area contributed by atoms with Crippen molar-refractivity contribution < 1.29 is 14.2 Å². The number of rotatable bonds is 12. The van der Waals surface area contributed by atoms with Crippen molar-refractivity contribution in [1.82, 2.24) is 5.32 Å². The van der Waals surface area contributed by atoms with E-state index in [4.69, 9.17) is 14.2 Å². The van der Waals surface area contributed by atoms with Crippen LogP contribution in [0.5, 0.6) is 17.2 Å². The number of methoxy groups -OCH3 is 3. The third-order valence-corrected chi connectivity index (χ3v) is 5.81. The summed E-state index contributed by atoms with van der Waals surface area (Å²) in [4.78, 5) is 0. The zero-order valence-corrected chi connectivity index (χ0v) is 20.1. The Labute approximate surface area is 198 Å². The Morgan fingerprint density at radius 2 is 1.58 bits per heavy atom. The molecule has 174 valence electrons. The van der Waals surface area contributed by atoms with E-state index in [1.165, 1.54) is 22.3 Å². The summed E-state index contributed by atoms with van der Waals surface area (Å²) in [5, 5.41) is 3.65. The average Bonchev–Trinajstić information content (AvgIpc) is 2.86. The molecule has 1 N–H and O–H groups in total. The van der Waals surface area contributed by atoms with E-state index >= 15 is 0 Å². The molecule has 0 heterocycles. The fourth-order valence-electron chi connectivity index (χ4n) is 3.81. The molecule has 0 saturated carbocycles. The molecule has 3 aromatic carbocycles. The van der Waals surface area contributed by atoms with E-state index in [0.29, 0.717) is 6.04 Å². The maximum atomic E-state index is 5.47. The zero-order valence-electron chi connectivity index (χ0n) is 20.1. The van der Waals surface area contributed by atoms with Crippen LogP contribution >= 0.6 is 0 Å². The van der Waals surface area contributed by atoms with Gasteiger partial charge in [-0.3, -0.25) is 0 Å². The number of benzene rings is 3. The fraction of sp³-hybridized carbons (Fsp3) is 0.310. The van der Waals surface area contributed by atoms with Crippen molar-refractivity contribution in [3.05, 3.63) is 89.0 Å². The third kappa shape index (κ3) is 7.40. The average molecular weight is 446 g/mol. The second kappa shape index (κ2) is 12.7. The summed E-state index contributed by atoms with van der Waals surface area (Å²) in [6.07, 6.45) is 7.33. The molecule has 1 unspecified atom stereocenters. The Balaban J connectivity index is 1.55. The maximum Gasteiger partial charge on any atom is 0.160 e. The largest absolute Gasteiger partial charge is 0.497 e. The lowest BCUT2D eigenvalue weighted by Gasteiger charge is -2.16. The van der Waals surface area contributed by atoms with Gasteiger partial charge in [0.25, 0.3) is 0 Å². The Kier molecular flexibility index (Phi) is 9.40. The molecule has 0 bridgehead atoms. The summed E-state index contributed by atoms with van der Waals surface area (Å²) in [7, 11) is 5.05. The standard InChI is InChI=1S/C29H35NO3/c1-22(30-19-18-24-12-17-28(32-3)29(20-24)33-4)10-13-26-21-27(31-2)16-15-25(26)14-11-23-8-6-5-7-9-23/h5-9,11-12,14-17,20-22,30H,10,13,18-19H2,1-4H3. The highest BCUT2D eigenvalue weighted by molar-refractivity contribution is 5.71. The first-order chi connectivity index (χ1) is 16.1. The highest BCUT2D eigenvalue weighted by Crippen LogP contribution is 2.27. The molecule has 0 aliphatic carbocycles. The topological polar surface area (TPSA) is 39.7 Å². The second-order valence-electron chi connectivity index (χ2n) is 8.14. The summed E-state index contributed by atoms with van der Waals surface area (Å²) in [6, 6.07) is 23.2. The monoisotopic (exact) mass is 445 g/mol. The highest BCUT2D eigenvalue weighted by atomic mass is 16.5. The van der Waals surface area contributed by atoms with Crippen LogP contribution in [-0.2, 0) is 12.8 Å². The predicted molar refractivity (Wildman–Crippen MR) is 137 cm³/mol. The van der Waals surface area contributed by atoms with Crippen LogP contribution in [0.1, 0.15) is 35.6 Å². The van der Waals surface area contributed by atoms with E-state index in [9.17, 15) is 0 Å². The van der Waals surface area contributed by atoms with Crippen molar-refractivity contribution in [3.63, 3.8) is 0 Å². The lowest BCUT2D eigenvalue weighted by Crippen LogP contribution is -2.28. The molecule has 33 heavy (non-hydrogen) atoms. The molecule has 0 aliphatic rings. The van der Waals surface area contributed by atoms with Gasteiger partial charge in [-0.1, -0.05) is 54.6 Å². The minimum absolute atomic E-state index is 0.405. The molecule has 0 spiro atoms. The zero-order chi connectivity index (χ0) is 23.5. The molecule has 4 nitrogen and oxygen atoms in total. The number of aryl methyl sites for hydroxylation is 1. The Bertz CT molecular complexity index is 1030. The number of ether oxygens (including phenoxy) is 3.